The van der Waals surface area contributed by atoms with Crippen LogP contribution >= 0.6 is 0 Å². The van der Waals surface area contributed by atoms with Crippen LogP contribution in [0.3, 0.4) is 0 Å². The van der Waals surface area contributed by atoms with Gasteiger partial charge in [-0.25, -0.2) is 9.03 Å². The Balaban J connectivity index is 0.00000180. The molecule has 0 spiro atoms. The second-order valence-electron chi connectivity index (χ2n) is 3.57. The molecule has 1 heterocycles. The van der Waals surface area contributed by atoms with Crippen molar-refractivity contribution in [3.63, 3.8) is 0 Å². The van der Waals surface area contributed by atoms with Crippen LogP contribution in [-0.2, 0) is 15.0 Å². The Labute approximate surface area is 153 Å². The molecule has 1 aliphatic heterocycles. The molecule has 1 saturated heterocycles. The molecule has 1 fully saturated rings. The zero-order valence-electron chi connectivity index (χ0n) is 10.8. The van der Waals surface area contributed by atoms with Crippen molar-refractivity contribution in [2.45, 2.75) is 0 Å². The minimum Gasteiger partial charge on any atom is -0.497 e. The smallest absolute Gasteiger partial charge is 0.326 e. The number of carbonyl (C=O) groups is 1. The Hall–Kier alpha value is -0.324. The van der Waals surface area contributed by atoms with Crippen LogP contribution in [0.5, 0.6) is 11.5 Å². The molecule has 1 amide bonds. The van der Waals surface area contributed by atoms with Crippen molar-refractivity contribution in [1.82, 2.24) is 4.72 Å². The van der Waals surface area contributed by atoms with E-state index >= 15 is 0 Å². The van der Waals surface area contributed by atoms with Crippen LogP contribution in [0.15, 0.2) is 18.2 Å². The summed E-state index contributed by atoms with van der Waals surface area (Å²) in [5.74, 6) is 0.272. The molecule has 7 nitrogen and oxygen atoms in total. The maximum absolute atomic E-state index is 11.7. The van der Waals surface area contributed by atoms with E-state index in [1.165, 1.54) is 20.3 Å². The quantitative estimate of drug-likeness (QED) is 0.761. The first-order chi connectivity index (χ1) is 8.47. The summed E-state index contributed by atoms with van der Waals surface area (Å²) in [7, 11) is -0.923. The molecule has 0 bridgehead atoms. The Kier molecular flexibility index (Phi) is 5.65. The van der Waals surface area contributed by atoms with Gasteiger partial charge in [0.1, 0.15) is 18.0 Å². The Bertz CT molecular complexity index is 590. The zero-order valence-corrected chi connectivity index (χ0v) is 14.8. The summed E-state index contributed by atoms with van der Waals surface area (Å²) in [4.78, 5) is 11.2. The summed E-state index contributed by atoms with van der Waals surface area (Å²) < 4.78 is 36.4. The predicted molar refractivity (Wildman–Crippen MR) is 69.7 cm³/mol. The normalized spacial score (nSPS) is 16.5. The second-order valence-corrected chi connectivity index (χ2v) is 5.17. The van der Waals surface area contributed by atoms with Crippen molar-refractivity contribution >= 4 is 73.2 Å². The van der Waals surface area contributed by atoms with Crippen LogP contribution in [0.2, 0.25) is 0 Å². The Morgan fingerprint density at radius 3 is 2.42 bits per heavy atom. The minimum absolute atomic E-state index is 0. The van der Waals surface area contributed by atoms with Gasteiger partial charge in [0.2, 0.25) is 0 Å². The van der Waals surface area contributed by atoms with E-state index in [-0.39, 0.29) is 63.6 Å². The molecule has 0 aliphatic carbocycles. The number of ether oxygens (including phenoxy) is 2. The Morgan fingerprint density at radius 1 is 1.26 bits per heavy atom. The first-order valence-corrected chi connectivity index (χ1v) is 6.47. The van der Waals surface area contributed by atoms with E-state index in [2.05, 4.69) is 0 Å². The summed E-state index contributed by atoms with van der Waals surface area (Å²) in [5, 5.41) is 0. The average molecular weight is 311 g/mol. The summed E-state index contributed by atoms with van der Waals surface area (Å²) in [5.41, 5.74) is 0.289. The van der Waals surface area contributed by atoms with Crippen molar-refractivity contribution in [3.05, 3.63) is 18.2 Å². The number of nitrogens with zero attached hydrogens (tertiary/aromatic N) is 1. The van der Waals surface area contributed by atoms with Gasteiger partial charge in [-0.15, -0.1) is 0 Å². The fourth-order valence-corrected chi connectivity index (χ4v) is 2.81. The number of nitrogens with one attached hydrogen (secondary N) is 1. The van der Waals surface area contributed by atoms with E-state index in [1.54, 1.807) is 12.1 Å². The predicted octanol–water partition coefficient (Wildman–Crippen LogP) is -0.496. The molecule has 1 aliphatic rings. The van der Waals surface area contributed by atoms with Crippen molar-refractivity contribution in [2.75, 3.05) is 25.1 Å². The van der Waals surface area contributed by atoms with E-state index in [0.717, 1.165) is 4.31 Å². The van der Waals surface area contributed by atoms with Gasteiger partial charge in [-0.1, -0.05) is 0 Å². The Morgan fingerprint density at radius 2 is 1.95 bits per heavy atom. The third-order valence-electron chi connectivity index (χ3n) is 2.48. The zero-order chi connectivity index (χ0) is 13.3. The molecule has 1 aromatic rings. The standard InChI is InChI=1S/C10H12N2O5S.K/c1-16-7-3-4-8(9(5-7)17-2)12-6-10(13)11-18(12,14)15;/h3-5H,6H2,1-2H3,(H,11,13);. The molecule has 99 valence electrons. The van der Waals surface area contributed by atoms with Crippen LogP contribution in [0, 0.1) is 0 Å². The first kappa shape index (κ1) is 16.7. The molecule has 19 heavy (non-hydrogen) atoms. The van der Waals surface area contributed by atoms with E-state index in [9.17, 15) is 13.2 Å². The van der Waals surface area contributed by atoms with Crippen LogP contribution in [0.1, 0.15) is 0 Å². The maximum atomic E-state index is 11.7. The molecule has 1 radical (unpaired) electrons. The number of hydrogen-bond donors (Lipinski definition) is 1. The van der Waals surface area contributed by atoms with E-state index < -0.39 is 16.1 Å². The van der Waals surface area contributed by atoms with Crippen LogP contribution in [-0.4, -0.2) is 86.5 Å². The van der Waals surface area contributed by atoms with Crippen molar-refractivity contribution in [2.24, 2.45) is 0 Å². The van der Waals surface area contributed by atoms with E-state index in [4.69, 9.17) is 9.47 Å². The molecule has 1 N–H and O–H groups in total. The molecule has 1 aromatic carbocycles. The van der Waals surface area contributed by atoms with Gasteiger partial charge in [-0.3, -0.25) is 4.79 Å². The number of rotatable bonds is 3. The van der Waals surface area contributed by atoms with Gasteiger partial charge < -0.3 is 9.47 Å². The fraction of sp³-hybridized carbons (Fsp3) is 0.300. The number of methoxy groups -OCH3 is 2. The van der Waals surface area contributed by atoms with Gasteiger partial charge in [-0.05, 0) is 12.1 Å². The van der Waals surface area contributed by atoms with Crippen molar-refractivity contribution < 1.29 is 22.7 Å². The van der Waals surface area contributed by atoms with Crippen LogP contribution in [0.4, 0.5) is 5.69 Å². The molecule has 0 saturated carbocycles. The number of hydrogen-bond acceptors (Lipinski definition) is 5. The summed E-state index contributed by atoms with van der Waals surface area (Å²) >= 11 is 0. The maximum Gasteiger partial charge on any atom is 0.326 e. The monoisotopic (exact) mass is 311 g/mol. The third-order valence-corrected chi connectivity index (χ3v) is 3.87. The largest absolute Gasteiger partial charge is 0.497 e. The van der Waals surface area contributed by atoms with Gasteiger partial charge in [0, 0.05) is 57.5 Å². The molecule has 9 heteroatoms. The van der Waals surface area contributed by atoms with Crippen LogP contribution < -0.4 is 18.5 Å². The van der Waals surface area contributed by atoms with Gasteiger partial charge in [0.25, 0.3) is 5.91 Å². The summed E-state index contributed by atoms with van der Waals surface area (Å²) in [6, 6.07) is 4.67. The fourth-order valence-electron chi connectivity index (χ4n) is 1.65. The van der Waals surface area contributed by atoms with Crippen LogP contribution in [0.25, 0.3) is 0 Å². The van der Waals surface area contributed by atoms with E-state index in [0.29, 0.717) is 11.5 Å². The molecule has 0 atom stereocenters. The molecule has 0 unspecified atom stereocenters. The molecular formula is C10H12KN2O5S. The number of benzene rings is 1. The number of amides is 1. The third kappa shape index (κ3) is 3.41. The molecule has 0 aromatic heterocycles. The number of anilines is 1. The number of carbonyl (C=O) groups excluding carboxylic acids is 1. The molecular weight excluding hydrogens is 299 g/mol. The second kappa shape index (κ2) is 6.42. The van der Waals surface area contributed by atoms with Gasteiger partial charge in [0.05, 0.1) is 19.9 Å². The van der Waals surface area contributed by atoms with Gasteiger partial charge >= 0.3 is 10.2 Å². The first-order valence-electron chi connectivity index (χ1n) is 5.03. The van der Waals surface area contributed by atoms with Gasteiger partial charge in [-0.2, -0.15) is 8.42 Å². The van der Waals surface area contributed by atoms with Gasteiger partial charge in [0.15, 0.2) is 0 Å². The van der Waals surface area contributed by atoms with Crippen molar-refractivity contribution in [3.8, 4) is 11.5 Å². The van der Waals surface area contributed by atoms with E-state index in [1.807, 2.05) is 4.72 Å². The average Bonchev–Trinajstić information content (AvgIpc) is 2.61. The van der Waals surface area contributed by atoms with Crippen molar-refractivity contribution in [1.29, 1.82) is 0 Å². The summed E-state index contributed by atoms with van der Waals surface area (Å²) in [6.07, 6.45) is 0. The topological polar surface area (TPSA) is 84.9 Å². The SMILES string of the molecule is COc1ccc(N2CC(=O)NS2(=O)=O)c(OC)c1.[K]. The molecule has 2 rings (SSSR count). The minimum atomic E-state index is -3.83. The summed E-state index contributed by atoms with van der Waals surface area (Å²) in [6.45, 7) is -0.259.